The standard InChI is InChI=1S/C14H18F2N2O/c1-9-6-12(10(2)18-17-9)13(19)7-11-4-3-5-14(15,16)8-11/h6,11H,3-5,7-8H2,1-2H3. The molecule has 0 aliphatic heterocycles. The molecule has 0 bridgehead atoms. The highest BCUT2D eigenvalue weighted by Gasteiger charge is 2.37. The number of carbonyl (C=O) groups is 1. The lowest BCUT2D eigenvalue weighted by atomic mass is 9.82. The van der Waals surface area contributed by atoms with Gasteiger partial charge in [0, 0.05) is 24.8 Å². The monoisotopic (exact) mass is 268 g/mol. The average Bonchev–Trinajstić information content (AvgIpc) is 2.31. The zero-order valence-electron chi connectivity index (χ0n) is 11.2. The van der Waals surface area contributed by atoms with Crippen LogP contribution in [0.1, 0.15) is 53.8 Å². The van der Waals surface area contributed by atoms with Gasteiger partial charge in [0.05, 0.1) is 11.4 Å². The molecule has 3 nitrogen and oxygen atoms in total. The van der Waals surface area contributed by atoms with Gasteiger partial charge in [0.1, 0.15) is 0 Å². The van der Waals surface area contributed by atoms with Crippen LogP contribution in [0.25, 0.3) is 0 Å². The zero-order valence-corrected chi connectivity index (χ0v) is 11.2. The van der Waals surface area contributed by atoms with Crippen molar-refractivity contribution in [3.8, 4) is 0 Å². The molecule has 2 rings (SSSR count). The van der Waals surface area contributed by atoms with E-state index in [9.17, 15) is 13.6 Å². The molecular formula is C14H18F2N2O. The van der Waals surface area contributed by atoms with Gasteiger partial charge in [0.2, 0.25) is 5.92 Å². The molecule has 1 heterocycles. The van der Waals surface area contributed by atoms with Crippen LogP contribution in [0.3, 0.4) is 0 Å². The van der Waals surface area contributed by atoms with Crippen molar-refractivity contribution in [2.24, 2.45) is 5.92 Å². The molecule has 0 radical (unpaired) electrons. The van der Waals surface area contributed by atoms with E-state index in [-0.39, 0.29) is 31.0 Å². The molecular weight excluding hydrogens is 250 g/mol. The van der Waals surface area contributed by atoms with E-state index >= 15 is 0 Å². The molecule has 0 amide bonds. The maximum absolute atomic E-state index is 13.3. The second-order valence-electron chi connectivity index (χ2n) is 5.43. The Kier molecular flexibility index (Phi) is 3.92. The number of ketones is 1. The second-order valence-corrected chi connectivity index (χ2v) is 5.43. The molecule has 1 atom stereocenters. The minimum Gasteiger partial charge on any atom is -0.294 e. The van der Waals surface area contributed by atoms with Gasteiger partial charge in [-0.2, -0.15) is 10.2 Å². The fraction of sp³-hybridized carbons (Fsp3) is 0.643. The lowest BCUT2D eigenvalue weighted by molar-refractivity contribution is -0.0521. The maximum Gasteiger partial charge on any atom is 0.248 e. The van der Waals surface area contributed by atoms with Crippen molar-refractivity contribution in [2.75, 3.05) is 0 Å². The number of alkyl halides is 2. The number of Topliss-reactive ketones (excluding diaryl/α,β-unsaturated/α-hetero) is 1. The highest BCUT2D eigenvalue weighted by molar-refractivity contribution is 5.97. The molecule has 0 saturated heterocycles. The maximum atomic E-state index is 13.3. The molecule has 1 aliphatic carbocycles. The first-order valence-electron chi connectivity index (χ1n) is 6.59. The Morgan fingerprint density at radius 1 is 1.42 bits per heavy atom. The second kappa shape index (κ2) is 5.31. The first-order valence-corrected chi connectivity index (χ1v) is 6.59. The van der Waals surface area contributed by atoms with Gasteiger partial charge < -0.3 is 0 Å². The third kappa shape index (κ3) is 3.55. The van der Waals surface area contributed by atoms with E-state index in [4.69, 9.17) is 0 Å². The molecule has 1 saturated carbocycles. The number of aromatic nitrogens is 2. The summed E-state index contributed by atoms with van der Waals surface area (Å²) in [5.74, 6) is -2.92. The van der Waals surface area contributed by atoms with Crippen LogP contribution in [0.5, 0.6) is 0 Å². The Bertz CT molecular complexity index is 488. The van der Waals surface area contributed by atoms with Crippen molar-refractivity contribution in [1.82, 2.24) is 10.2 Å². The number of carbonyl (C=O) groups excluding carboxylic acids is 1. The highest BCUT2D eigenvalue weighted by Crippen LogP contribution is 2.38. The SMILES string of the molecule is Cc1cc(C(=O)CC2CCCC(F)(F)C2)c(C)nn1. The summed E-state index contributed by atoms with van der Waals surface area (Å²) >= 11 is 0. The minimum atomic E-state index is -2.61. The van der Waals surface area contributed by atoms with Crippen LogP contribution in [0.4, 0.5) is 8.78 Å². The number of rotatable bonds is 3. The van der Waals surface area contributed by atoms with Crippen LogP contribution in [-0.2, 0) is 0 Å². The van der Waals surface area contributed by atoms with Gasteiger partial charge in [-0.15, -0.1) is 0 Å². The quantitative estimate of drug-likeness (QED) is 0.788. The van der Waals surface area contributed by atoms with Gasteiger partial charge in [0.15, 0.2) is 5.78 Å². The van der Waals surface area contributed by atoms with Crippen LogP contribution in [0.15, 0.2) is 6.07 Å². The Balaban J connectivity index is 2.06. The number of hydrogen-bond donors (Lipinski definition) is 0. The normalized spacial score (nSPS) is 22.2. The van der Waals surface area contributed by atoms with Crippen LogP contribution in [0.2, 0.25) is 0 Å². The number of hydrogen-bond acceptors (Lipinski definition) is 3. The molecule has 0 N–H and O–H groups in total. The molecule has 1 aliphatic rings. The first kappa shape index (κ1) is 14.0. The summed E-state index contributed by atoms with van der Waals surface area (Å²) in [7, 11) is 0. The summed E-state index contributed by atoms with van der Waals surface area (Å²) in [6.07, 6.45) is 1.17. The molecule has 0 aromatic carbocycles. The third-order valence-electron chi connectivity index (χ3n) is 3.62. The van der Waals surface area contributed by atoms with E-state index in [0.717, 1.165) is 0 Å². The lowest BCUT2D eigenvalue weighted by Crippen LogP contribution is -2.27. The van der Waals surface area contributed by atoms with Gasteiger partial charge in [-0.1, -0.05) is 0 Å². The molecule has 1 aromatic heterocycles. The molecule has 1 unspecified atom stereocenters. The average molecular weight is 268 g/mol. The van der Waals surface area contributed by atoms with Crippen molar-refractivity contribution in [1.29, 1.82) is 0 Å². The van der Waals surface area contributed by atoms with E-state index in [1.807, 2.05) is 0 Å². The van der Waals surface area contributed by atoms with Crippen molar-refractivity contribution in [2.45, 2.75) is 51.9 Å². The zero-order chi connectivity index (χ0) is 14.0. The minimum absolute atomic E-state index is 0.0490. The van der Waals surface area contributed by atoms with Gasteiger partial charge >= 0.3 is 0 Å². The Morgan fingerprint density at radius 3 is 2.84 bits per heavy atom. The lowest BCUT2D eigenvalue weighted by Gasteiger charge is -2.28. The van der Waals surface area contributed by atoms with Crippen molar-refractivity contribution < 1.29 is 13.6 Å². The smallest absolute Gasteiger partial charge is 0.248 e. The van der Waals surface area contributed by atoms with E-state index in [0.29, 0.717) is 29.8 Å². The van der Waals surface area contributed by atoms with E-state index in [1.54, 1.807) is 19.9 Å². The Morgan fingerprint density at radius 2 is 2.16 bits per heavy atom. The summed E-state index contributed by atoms with van der Waals surface area (Å²) in [4.78, 5) is 12.2. The molecule has 5 heteroatoms. The van der Waals surface area contributed by atoms with Gasteiger partial charge in [-0.25, -0.2) is 8.78 Å². The predicted octanol–water partition coefficient (Wildman–Crippen LogP) is 3.49. The Labute approximate surface area is 111 Å². The molecule has 1 aromatic rings. The van der Waals surface area contributed by atoms with E-state index < -0.39 is 5.92 Å². The fourth-order valence-electron chi connectivity index (χ4n) is 2.65. The van der Waals surface area contributed by atoms with Crippen LogP contribution in [0, 0.1) is 19.8 Å². The van der Waals surface area contributed by atoms with Crippen LogP contribution < -0.4 is 0 Å². The summed E-state index contributed by atoms with van der Waals surface area (Å²) in [6.45, 7) is 3.48. The number of aryl methyl sites for hydroxylation is 2. The summed E-state index contributed by atoms with van der Waals surface area (Å²) in [5, 5.41) is 7.77. The van der Waals surface area contributed by atoms with Crippen LogP contribution in [-0.4, -0.2) is 21.9 Å². The summed E-state index contributed by atoms with van der Waals surface area (Å²) in [6, 6.07) is 1.69. The van der Waals surface area contributed by atoms with E-state index in [1.165, 1.54) is 0 Å². The summed E-state index contributed by atoms with van der Waals surface area (Å²) < 4.78 is 26.6. The largest absolute Gasteiger partial charge is 0.294 e. The van der Waals surface area contributed by atoms with Gasteiger partial charge in [-0.05, 0) is 38.7 Å². The fourth-order valence-corrected chi connectivity index (χ4v) is 2.65. The van der Waals surface area contributed by atoms with Crippen LogP contribution >= 0.6 is 0 Å². The van der Waals surface area contributed by atoms with Crippen molar-refractivity contribution in [3.63, 3.8) is 0 Å². The van der Waals surface area contributed by atoms with Gasteiger partial charge in [0.25, 0.3) is 0 Å². The molecule has 19 heavy (non-hydrogen) atoms. The van der Waals surface area contributed by atoms with E-state index in [2.05, 4.69) is 10.2 Å². The van der Waals surface area contributed by atoms with Crippen molar-refractivity contribution >= 4 is 5.78 Å². The number of halogens is 2. The highest BCUT2D eigenvalue weighted by atomic mass is 19.3. The van der Waals surface area contributed by atoms with Gasteiger partial charge in [-0.3, -0.25) is 4.79 Å². The molecule has 0 spiro atoms. The predicted molar refractivity (Wildman–Crippen MR) is 67.4 cm³/mol. The summed E-state index contributed by atoms with van der Waals surface area (Å²) in [5.41, 5.74) is 1.75. The topological polar surface area (TPSA) is 42.9 Å². The first-order chi connectivity index (χ1) is 8.87. The Hall–Kier alpha value is -1.39. The molecule has 1 fully saturated rings. The third-order valence-corrected chi connectivity index (χ3v) is 3.62. The van der Waals surface area contributed by atoms with Crippen molar-refractivity contribution in [3.05, 3.63) is 23.0 Å². The number of nitrogens with zero attached hydrogens (tertiary/aromatic N) is 2. The molecule has 104 valence electrons.